The van der Waals surface area contributed by atoms with Gasteiger partial charge in [0, 0.05) is 5.02 Å². The number of carbonyl (C=O) groups excluding carboxylic acids is 1. The highest BCUT2D eigenvalue weighted by Crippen LogP contribution is 2.47. The normalized spacial score (nSPS) is 17.1. The van der Waals surface area contributed by atoms with Crippen LogP contribution < -0.4 is 11.1 Å². The molecule has 1 aromatic rings. The Morgan fingerprint density at radius 3 is 2.58 bits per heavy atom. The molecule has 1 aromatic carbocycles. The van der Waals surface area contributed by atoms with Gasteiger partial charge in [-0.2, -0.15) is 0 Å². The van der Waals surface area contributed by atoms with Gasteiger partial charge < -0.3 is 16.3 Å². The number of rotatable bonds is 3. The molecule has 5 nitrogen and oxygen atoms in total. The molecule has 0 bridgehead atoms. The van der Waals surface area contributed by atoms with E-state index in [4.69, 9.17) is 34.1 Å². The van der Waals surface area contributed by atoms with E-state index in [1.807, 2.05) is 6.92 Å². The summed E-state index contributed by atoms with van der Waals surface area (Å²) in [5.41, 5.74) is 5.86. The van der Waals surface area contributed by atoms with Gasteiger partial charge in [0.2, 0.25) is 5.91 Å². The van der Waals surface area contributed by atoms with Crippen LogP contribution in [0.25, 0.3) is 0 Å². The average molecular weight is 302 g/mol. The second kappa shape index (κ2) is 4.90. The standard InChI is InChI=1S/C12H13Cl2N3O2/c1-6-4-8(14)9(5-7(6)13)16-11(18)12(2-3-12)10(15)17-19/h4-5,19H,2-3H2,1H3,(H2,15,17)(H,16,18). The van der Waals surface area contributed by atoms with E-state index in [1.165, 1.54) is 0 Å². The number of oxime groups is 1. The van der Waals surface area contributed by atoms with Gasteiger partial charge >= 0.3 is 0 Å². The number of hydrogen-bond donors (Lipinski definition) is 3. The first kappa shape index (κ1) is 14.0. The van der Waals surface area contributed by atoms with Gasteiger partial charge in [0.25, 0.3) is 0 Å². The highest BCUT2D eigenvalue weighted by atomic mass is 35.5. The molecule has 0 saturated heterocycles. The van der Waals surface area contributed by atoms with Crippen molar-refractivity contribution < 1.29 is 10.0 Å². The number of amidine groups is 1. The lowest BCUT2D eigenvalue weighted by atomic mass is 10.1. The van der Waals surface area contributed by atoms with E-state index in [-0.39, 0.29) is 11.7 Å². The van der Waals surface area contributed by atoms with Crippen molar-refractivity contribution in [3.05, 3.63) is 27.7 Å². The number of benzene rings is 1. The minimum atomic E-state index is -0.921. The number of aryl methyl sites for hydroxylation is 1. The molecule has 0 spiro atoms. The number of amides is 1. The third-order valence-corrected chi connectivity index (χ3v) is 4.00. The van der Waals surface area contributed by atoms with Crippen LogP contribution in [0.3, 0.4) is 0 Å². The Balaban J connectivity index is 2.23. The SMILES string of the molecule is Cc1cc(Cl)c(NC(=O)C2(/C(N)=N/O)CC2)cc1Cl. The molecule has 19 heavy (non-hydrogen) atoms. The Morgan fingerprint density at radius 2 is 2.05 bits per heavy atom. The number of nitrogens with one attached hydrogen (secondary N) is 1. The highest BCUT2D eigenvalue weighted by Gasteiger charge is 2.54. The molecule has 1 fully saturated rings. The number of halogens is 2. The van der Waals surface area contributed by atoms with Crippen LogP contribution in [0.15, 0.2) is 17.3 Å². The van der Waals surface area contributed by atoms with Crippen molar-refractivity contribution in [2.75, 3.05) is 5.32 Å². The van der Waals surface area contributed by atoms with Crippen LogP contribution in [0.5, 0.6) is 0 Å². The number of anilines is 1. The van der Waals surface area contributed by atoms with Gasteiger partial charge in [-0.05, 0) is 37.5 Å². The molecule has 0 unspecified atom stereocenters. The highest BCUT2D eigenvalue weighted by molar-refractivity contribution is 6.36. The van der Waals surface area contributed by atoms with E-state index in [0.717, 1.165) is 5.56 Å². The van der Waals surface area contributed by atoms with E-state index >= 15 is 0 Å². The maximum absolute atomic E-state index is 12.2. The molecule has 1 aliphatic carbocycles. The Morgan fingerprint density at radius 1 is 1.42 bits per heavy atom. The zero-order chi connectivity index (χ0) is 14.2. The number of nitrogens with two attached hydrogens (primary N) is 1. The zero-order valence-corrected chi connectivity index (χ0v) is 11.7. The summed E-state index contributed by atoms with van der Waals surface area (Å²) >= 11 is 12.0. The van der Waals surface area contributed by atoms with E-state index in [1.54, 1.807) is 12.1 Å². The Kier molecular flexibility index (Phi) is 3.60. The molecule has 4 N–H and O–H groups in total. The Hall–Kier alpha value is -1.46. The van der Waals surface area contributed by atoms with Crippen LogP contribution in [0, 0.1) is 12.3 Å². The van der Waals surface area contributed by atoms with E-state index in [0.29, 0.717) is 28.6 Å². The third-order valence-electron chi connectivity index (χ3n) is 3.28. The quantitative estimate of drug-likeness (QED) is 0.347. The van der Waals surface area contributed by atoms with E-state index in [9.17, 15) is 4.79 Å². The largest absolute Gasteiger partial charge is 0.409 e. The first-order valence-electron chi connectivity index (χ1n) is 5.66. The number of nitrogens with zero attached hydrogens (tertiary/aromatic N) is 1. The van der Waals surface area contributed by atoms with Crippen molar-refractivity contribution in [3.63, 3.8) is 0 Å². The van der Waals surface area contributed by atoms with Crippen LogP contribution >= 0.6 is 23.2 Å². The van der Waals surface area contributed by atoms with E-state index in [2.05, 4.69) is 10.5 Å². The summed E-state index contributed by atoms with van der Waals surface area (Å²) in [5.74, 6) is -0.427. The summed E-state index contributed by atoms with van der Waals surface area (Å²) in [4.78, 5) is 12.2. The molecule has 0 aromatic heterocycles. The molecule has 1 aliphatic rings. The lowest BCUT2D eigenvalue weighted by Gasteiger charge is -2.15. The molecule has 0 heterocycles. The molecule has 1 saturated carbocycles. The molecular formula is C12H13Cl2N3O2. The van der Waals surface area contributed by atoms with Gasteiger partial charge in [0.1, 0.15) is 5.41 Å². The smallest absolute Gasteiger partial charge is 0.238 e. The molecule has 0 aliphatic heterocycles. The fourth-order valence-electron chi connectivity index (χ4n) is 1.80. The minimum Gasteiger partial charge on any atom is -0.409 e. The molecule has 7 heteroatoms. The monoisotopic (exact) mass is 301 g/mol. The van der Waals surface area contributed by atoms with Crippen molar-refractivity contribution in [2.45, 2.75) is 19.8 Å². The van der Waals surface area contributed by atoms with Gasteiger partial charge in [0.05, 0.1) is 10.7 Å². The lowest BCUT2D eigenvalue weighted by molar-refractivity contribution is -0.119. The van der Waals surface area contributed by atoms with Crippen LogP contribution in [-0.4, -0.2) is 17.0 Å². The molecule has 2 rings (SSSR count). The third kappa shape index (κ3) is 2.48. The molecular weight excluding hydrogens is 289 g/mol. The summed E-state index contributed by atoms with van der Waals surface area (Å²) in [7, 11) is 0. The van der Waals surface area contributed by atoms with E-state index < -0.39 is 5.41 Å². The maximum Gasteiger partial charge on any atom is 0.238 e. The van der Waals surface area contributed by atoms with Crippen molar-refractivity contribution in [3.8, 4) is 0 Å². The van der Waals surface area contributed by atoms with Crippen molar-refractivity contribution >= 4 is 40.6 Å². The van der Waals surface area contributed by atoms with Gasteiger partial charge in [-0.1, -0.05) is 28.4 Å². The summed E-state index contributed by atoms with van der Waals surface area (Å²) in [5, 5.41) is 15.2. The van der Waals surface area contributed by atoms with Gasteiger partial charge in [0.15, 0.2) is 5.84 Å². The predicted molar refractivity (Wildman–Crippen MR) is 74.9 cm³/mol. The van der Waals surface area contributed by atoms with Crippen molar-refractivity contribution in [1.82, 2.24) is 0 Å². The van der Waals surface area contributed by atoms with Crippen LogP contribution in [0.1, 0.15) is 18.4 Å². The van der Waals surface area contributed by atoms with Crippen molar-refractivity contribution in [1.29, 1.82) is 0 Å². The number of hydrogen-bond acceptors (Lipinski definition) is 3. The topological polar surface area (TPSA) is 87.7 Å². The van der Waals surface area contributed by atoms with Gasteiger partial charge in [-0.3, -0.25) is 4.79 Å². The maximum atomic E-state index is 12.2. The zero-order valence-electron chi connectivity index (χ0n) is 10.2. The Labute approximate surface area is 120 Å². The second-order valence-corrected chi connectivity index (χ2v) is 5.42. The predicted octanol–water partition coefficient (Wildman–Crippen LogP) is 2.77. The molecule has 0 atom stereocenters. The summed E-state index contributed by atoms with van der Waals surface area (Å²) in [6.45, 7) is 1.82. The Bertz CT molecular complexity index is 568. The molecule has 1 amide bonds. The van der Waals surface area contributed by atoms with Gasteiger partial charge in [-0.15, -0.1) is 0 Å². The summed E-state index contributed by atoms with van der Waals surface area (Å²) in [6.07, 6.45) is 1.10. The fourth-order valence-corrected chi connectivity index (χ4v) is 2.23. The van der Waals surface area contributed by atoms with Crippen molar-refractivity contribution in [2.24, 2.45) is 16.3 Å². The minimum absolute atomic E-state index is 0.0840. The van der Waals surface area contributed by atoms with Crippen LogP contribution in [-0.2, 0) is 4.79 Å². The van der Waals surface area contributed by atoms with Gasteiger partial charge in [-0.25, -0.2) is 0 Å². The summed E-state index contributed by atoms with van der Waals surface area (Å²) in [6, 6.07) is 3.25. The fraction of sp³-hybridized carbons (Fsp3) is 0.333. The first-order valence-corrected chi connectivity index (χ1v) is 6.41. The lowest BCUT2D eigenvalue weighted by Crippen LogP contribution is -2.36. The number of carbonyl (C=O) groups is 1. The second-order valence-electron chi connectivity index (χ2n) is 4.60. The first-order chi connectivity index (χ1) is 8.90. The summed E-state index contributed by atoms with van der Waals surface area (Å²) < 4.78 is 0. The van der Waals surface area contributed by atoms with Crippen LogP contribution in [0.2, 0.25) is 10.0 Å². The van der Waals surface area contributed by atoms with Crippen LogP contribution in [0.4, 0.5) is 5.69 Å². The molecule has 102 valence electrons. The molecule has 0 radical (unpaired) electrons. The average Bonchev–Trinajstić information content (AvgIpc) is 3.16.